The molecule has 1 aromatic carbocycles. The molecule has 2 N–H and O–H groups in total. The summed E-state index contributed by atoms with van der Waals surface area (Å²) in [6.45, 7) is 10.7. The number of hydrogen-bond donors (Lipinski definition) is 2. The third kappa shape index (κ3) is 5.85. The highest BCUT2D eigenvalue weighted by molar-refractivity contribution is 5.84. The molecule has 0 amide bonds. The Morgan fingerprint density at radius 3 is 2.59 bits per heavy atom. The van der Waals surface area contributed by atoms with Crippen molar-refractivity contribution in [1.29, 1.82) is 5.26 Å². The van der Waals surface area contributed by atoms with E-state index >= 15 is 13.2 Å². The molecule has 1 fully saturated rings. The Hall–Kier alpha value is -3.38. The Morgan fingerprint density at radius 2 is 1.85 bits per heavy atom. The van der Waals surface area contributed by atoms with Gasteiger partial charge in [-0.15, -0.1) is 0 Å². The molecule has 2 atom stereocenters. The molecule has 41 heavy (non-hydrogen) atoms. The lowest BCUT2D eigenvalue weighted by atomic mass is 9.89. The molecule has 6 bridgehead atoms. The van der Waals surface area contributed by atoms with Crippen LogP contribution in [0.3, 0.4) is 0 Å². The predicted molar refractivity (Wildman–Crippen MR) is 156 cm³/mol. The number of fused-ring (bicyclic) bond motifs is 2. The minimum Gasteiger partial charge on any atom is -0.363 e. The number of alkyl halides is 2. The molecule has 3 aliphatic rings. The maximum absolute atomic E-state index is 15.7. The summed E-state index contributed by atoms with van der Waals surface area (Å²) in [7, 11) is 0. The van der Waals surface area contributed by atoms with Crippen LogP contribution < -0.4 is 15.5 Å². The van der Waals surface area contributed by atoms with E-state index in [4.69, 9.17) is 4.98 Å². The molecule has 0 saturated heterocycles. The van der Waals surface area contributed by atoms with Crippen molar-refractivity contribution < 1.29 is 13.2 Å². The predicted octanol–water partition coefficient (Wildman–Crippen LogP) is 7.54. The molecule has 0 radical (unpaired) electrons. The molecule has 1 saturated carbocycles. The number of aryl methyl sites for hydroxylation is 1. The summed E-state index contributed by atoms with van der Waals surface area (Å²) < 4.78 is 46.2. The van der Waals surface area contributed by atoms with Crippen molar-refractivity contribution in [1.82, 2.24) is 15.3 Å². The lowest BCUT2D eigenvalue weighted by Gasteiger charge is -2.35. The van der Waals surface area contributed by atoms with Crippen LogP contribution in [-0.2, 0) is 5.92 Å². The zero-order chi connectivity index (χ0) is 29.4. The zero-order valence-corrected chi connectivity index (χ0v) is 24.2. The van der Waals surface area contributed by atoms with E-state index in [2.05, 4.69) is 33.2 Å². The minimum absolute atomic E-state index is 0.0945. The van der Waals surface area contributed by atoms with Crippen molar-refractivity contribution in [3.8, 4) is 6.07 Å². The molecule has 1 aromatic heterocycles. The van der Waals surface area contributed by atoms with Crippen LogP contribution >= 0.6 is 0 Å². The van der Waals surface area contributed by atoms with Gasteiger partial charge in [-0.1, -0.05) is 44.0 Å². The molecular formula is C32H39F3N6. The van der Waals surface area contributed by atoms with E-state index in [1.165, 1.54) is 18.2 Å². The van der Waals surface area contributed by atoms with Gasteiger partial charge in [0.15, 0.2) is 0 Å². The lowest BCUT2D eigenvalue weighted by Crippen LogP contribution is -2.32. The summed E-state index contributed by atoms with van der Waals surface area (Å²) in [5.74, 6) is -2.52. The van der Waals surface area contributed by atoms with Crippen molar-refractivity contribution in [3.63, 3.8) is 0 Å². The van der Waals surface area contributed by atoms with Gasteiger partial charge in [0.05, 0.1) is 28.7 Å². The number of allylic oxidation sites excluding steroid dienone is 1. The van der Waals surface area contributed by atoms with Crippen LogP contribution in [0.2, 0.25) is 0 Å². The number of anilines is 2. The molecule has 2 aromatic rings. The largest absolute Gasteiger partial charge is 0.363 e. The number of nitrogens with one attached hydrogen (secondary N) is 2. The highest BCUT2D eigenvalue weighted by Crippen LogP contribution is 2.56. The van der Waals surface area contributed by atoms with Crippen molar-refractivity contribution in [2.45, 2.75) is 90.1 Å². The van der Waals surface area contributed by atoms with Gasteiger partial charge in [-0.25, -0.2) is 23.1 Å². The second kappa shape index (κ2) is 11.5. The normalized spacial score (nSPS) is 24.5. The SMILES string of the molecule is C=C1C(C2(C#N)CC2)=Cc2c3nc(C)nc2N1CCCCCCC(C)NCCC(F)(F)c1cccc(c1F)[C@@H](C)N3. The lowest BCUT2D eigenvalue weighted by molar-refractivity contribution is -0.0168. The van der Waals surface area contributed by atoms with Crippen molar-refractivity contribution in [2.24, 2.45) is 5.41 Å². The van der Waals surface area contributed by atoms with E-state index in [1.807, 2.05) is 13.0 Å². The van der Waals surface area contributed by atoms with E-state index in [-0.39, 0.29) is 18.2 Å². The summed E-state index contributed by atoms with van der Waals surface area (Å²) in [6.07, 6.45) is 7.80. The Labute approximate surface area is 240 Å². The highest BCUT2D eigenvalue weighted by Gasteiger charge is 2.50. The van der Waals surface area contributed by atoms with Crippen molar-refractivity contribution >= 4 is 17.7 Å². The number of nitrogens with zero attached hydrogens (tertiary/aromatic N) is 4. The molecule has 5 rings (SSSR count). The Morgan fingerprint density at radius 1 is 1.10 bits per heavy atom. The van der Waals surface area contributed by atoms with Gasteiger partial charge in [0.25, 0.3) is 5.92 Å². The van der Waals surface area contributed by atoms with Crippen LogP contribution in [0.4, 0.5) is 24.8 Å². The fraction of sp³-hybridized carbons (Fsp3) is 0.531. The van der Waals surface area contributed by atoms with Crippen LogP contribution in [0.1, 0.15) is 93.8 Å². The fourth-order valence-electron chi connectivity index (χ4n) is 5.97. The topological polar surface area (TPSA) is 76.9 Å². The van der Waals surface area contributed by atoms with Gasteiger partial charge < -0.3 is 15.5 Å². The van der Waals surface area contributed by atoms with Gasteiger partial charge in [-0.05, 0) is 58.1 Å². The van der Waals surface area contributed by atoms with Crippen LogP contribution in [0.15, 0.2) is 36.0 Å². The standard InChI is InChI=1S/C32H39F3N6/c1-20-10-7-5-6-8-17-41-22(3)27(31(19-36)13-14-31)18-25-29(39-23(4)40-30(25)41)38-21(2)24-11-9-12-26(28(24)33)32(34,35)15-16-37-20/h9,11-12,18,20-21,37H,3,5-8,10,13-17H2,1-2,4H3,(H,38,39,40)/t20?,21-/m1/s1. The van der Waals surface area contributed by atoms with Crippen LogP contribution in [0, 0.1) is 29.5 Å². The van der Waals surface area contributed by atoms with E-state index in [0.29, 0.717) is 29.6 Å². The third-order valence-electron chi connectivity index (χ3n) is 8.64. The number of benzene rings is 1. The second-order valence-electron chi connectivity index (χ2n) is 11.8. The molecule has 6 nitrogen and oxygen atoms in total. The number of halogens is 3. The minimum atomic E-state index is -3.31. The van der Waals surface area contributed by atoms with Crippen molar-refractivity contribution in [3.05, 3.63) is 64.4 Å². The molecular weight excluding hydrogens is 525 g/mol. The Kier molecular flexibility index (Phi) is 8.15. The molecule has 1 aliphatic carbocycles. The third-order valence-corrected chi connectivity index (χ3v) is 8.64. The van der Waals surface area contributed by atoms with Gasteiger partial charge in [0.2, 0.25) is 0 Å². The first-order chi connectivity index (χ1) is 19.6. The Bertz CT molecular complexity index is 1390. The van der Waals surface area contributed by atoms with Crippen LogP contribution in [0.25, 0.3) is 6.08 Å². The van der Waals surface area contributed by atoms with E-state index in [9.17, 15) is 5.26 Å². The maximum atomic E-state index is 15.7. The quantitative estimate of drug-likeness (QED) is 0.373. The maximum Gasteiger partial charge on any atom is 0.277 e. The highest BCUT2D eigenvalue weighted by atomic mass is 19.3. The number of rotatable bonds is 1. The molecule has 0 spiro atoms. The van der Waals surface area contributed by atoms with Gasteiger partial charge in [0, 0.05) is 36.8 Å². The van der Waals surface area contributed by atoms with Gasteiger partial charge in [-0.3, -0.25) is 0 Å². The summed E-state index contributed by atoms with van der Waals surface area (Å²) in [5, 5.41) is 16.5. The zero-order valence-electron chi connectivity index (χ0n) is 24.2. The summed E-state index contributed by atoms with van der Waals surface area (Å²) in [6, 6.07) is 6.11. The molecule has 3 heterocycles. The van der Waals surface area contributed by atoms with Crippen LogP contribution in [0.5, 0.6) is 0 Å². The first-order valence-electron chi connectivity index (χ1n) is 14.7. The summed E-state index contributed by atoms with van der Waals surface area (Å²) in [5.41, 5.74) is 1.33. The number of aromatic nitrogens is 2. The second-order valence-corrected chi connectivity index (χ2v) is 11.8. The summed E-state index contributed by atoms with van der Waals surface area (Å²) in [4.78, 5) is 11.5. The van der Waals surface area contributed by atoms with E-state index < -0.39 is 35.2 Å². The fourth-order valence-corrected chi connectivity index (χ4v) is 5.97. The van der Waals surface area contributed by atoms with Gasteiger partial charge in [0.1, 0.15) is 23.3 Å². The first-order valence-corrected chi connectivity index (χ1v) is 14.7. The van der Waals surface area contributed by atoms with E-state index in [0.717, 1.165) is 56.2 Å². The average Bonchev–Trinajstić information content (AvgIpc) is 3.72. The first kappa shape index (κ1) is 29.1. The molecule has 218 valence electrons. The molecule has 2 aliphatic heterocycles. The van der Waals surface area contributed by atoms with Gasteiger partial charge in [-0.2, -0.15) is 5.26 Å². The average molecular weight is 565 g/mol. The number of nitriles is 1. The van der Waals surface area contributed by atoms with Crippen molar-refractivity contribution in [2.75, 3.05) is 23.3 Å². The Balaban J connectivity index is 1.58. The van der Waals surface area contributed by atoms with Crippen LogP contribution in [-0.4, -0.2) is 29.1 Å². The monoisotopic (exact) mass is 564 g/mol. The molecule has 1 unspecified atom stereocenters. The number of hydrogen-bond acceptors (Lipinski definition) is 6. The smallest absolute Gasteiger partial charge is 0.277 e. The van der Waals surface area contributed by atoms with Gasteiger partial charge >= 0.3 is 0 Å². The summed E-state index contributed by atoms with van der Waals surface area (Å²) >= 11 is 0. The molecule has 9 heteroatoms. The van der Waals surface area contributed by atoms with E-state index in [1.54, 1.807) is 13.8 Å².